The lowest BCUT2D eigenvalue weighted by molar-refractivity contribution is 0.0606. The van der Waals surface area contributed by atoms with E-state index in [1.54, 1.807) is 0 Å². The number of carbonyl (C=O) groups is 1. The van der Waals surface area contributed by atoms with Gasteiger partial charge < -0.3 is 15.2 Å². The molecule has 26 heavy (non-hydrogen) atoms. The van der Waals surface area contributed by atoms with E-state index in [1.165, 1.54) is 6.92 Å². The molecule has 0 heterocycles. The fourth-order valence-corrected chi connectivity index (χ4v) is 3.38. The quantitative estimate of drug-likeness (QED) is 0.820. The highest BCUT2D eigenvalue weighted by Gasteiger charge is 2.32. The highest BCUT2D eigenvalue weighted by Crippen LogP contribution is 2.44. The largest absolute Gasteiger partial charge is 0.449 e. The molecule has 2 aromatic rings. The van der Waals surface area contributed by atoms with Crippen LogP contribution in [0, 0.1) is 0 Å². The Morgan fingerprint density at radius 2 is 1.69 bits per heavy atom. The van der Waals surface area contributed by atoms with Gasteiger partial charge in [0.05, 0.1) is 12.1 Å². The number of aliphatic hydroxyl groups excluding tert-OH is 1. The molecule has 3 rings (SSSR count). The maximum Gasteiger partial charge on any atom is 0.407 e. The van der Waals surface area contributed by atoms with Crippen molar-refractivity contribution in [1.82, 2.24) is 5.32 Å². The summed E-state index contributed by atoms with van der Waals surface area (Å²) in [5.41, 5.74) is 2.93. The summed E-state index contributed by atoms with van der Waals surface area (Å²) in [4.78, 5) is 12.1. The fraction of sp³-hybridized carbons (Fsp3) is 0.350. The molecular formula is C20H21F2NO3. The molecule has 1 atom stereocenters. The molecule has 2 aromatic carbocycles. The number of ether oxygens (including phenoxy) is 1. The predicted molar refractivity (Wildman–Crippen MR) is 94.3 cm³/mol. The number of halogens is 2. The van der Waals surface area contributed by atoms with E-state index in [1.807, 2.05) is 48.5 Å². The molecule has 0 aliphatic heterocycles. The first-order chi connectivity index (χ1) is 12.4. The lowest BCUT2D eigenvalue weighted by Crippen LogP contribution is -2.50. The summed E-state index contributed by atoms with van der Waals surface area (Å²) >= 11 is 0. The number of hydrogen-bond donors (Lipinski definition) is 2. The smallest absolute Gasteiger partial charge is 0.407 e. The Morgan fingerprint density at radius 3 is 2.19 bits per heavy atom. The van der Waals surface area contributed by atoms with Crippen LogP contribution in [0.4, 0.5) is 13.6 Å². The van der Waals surface area contributed by atoms with Gasteiger partial charge in [0.15, 0.2) is 0 Å². The monoisotopic (exact) mass is 361 g/mol. The summed E-state index contributed by atoms with van der Waals surface area (Å²) < 4.78 is 30.6. The number of amides is 1. The average Bonchev–Trinajstić information content (AvgIpc) is 2.93. The summed E-state index contributed by atoms with van der Waals surface area (Å²) in [7, 11) is 0. The second-order valence-corrected chi connectivity index (χ2v) is 6.76. The third kappa shape index (κ3) is 3.70. The van der Waals surface area contributed by atoms with Crippen LogP contribution in [0.1, 0.15) is 30.4 Å². The van der Waals surface area contributed by atoms with Crippen molar-refractivity contribution in [3.8, 4) is 11.1 Å². The van der Waals surface area contributed by atoms with Crippen LogP contribution in [-0.2, 0) is 4.74 Å². The third-order valence-corrected chi connectivity index (χ3v) is 4.70. The number of aliphatic hydroxyl groups is 1. The first-order valence-electron chi connectivity index (χ1n) is 8.46. The van der Waals surface area contributed by atoms with E-state index in [4.69, 9.17) is 4.74 Å². The Hall–Kier alpha value is -2.47. The molecule has 0 radical (unpaired) electrons. The van der Waals surface area contributed by atoms with Gasteiger partial charge in [-0.25, -0.2) is 13.6 Å². The molecule has 0 spiro atoms. The van der Waals surface area contributed by atoms with Crippen LogP contribution in [0.5, 0.6) is 0 Å². The van der Waals surface area contributed by atoms with Gasteiger partial charge in [-0.2, -0.15) is 0 Å². The minimum Gasteiger partial charge on any atom is -0.449 e. The van der Waals surface area contributed by atoms with Crippen molar-refractivity contribution in [3.05, 3.63) is 59.7 Å². The molecule has 0 fully saturated rings. The Kier molecular flexibility index (Phi) is 5.23. The third-order valence-electron chi connectivity index (χ3n) is 4.70. The van der Waals surface area contributed by atoms with E-state index in [0.29, 0.717) is 0 Å². The van der Waals surface area contributed by atoms with Gasteiger partial charge in [-0.05, 0) is 29.2 Å². The zero-order chi connectivity index (χ0) is 18.7. The maximum absolute atomic E-state index is 12.6. The van der Waals surface area contributed by atoms with Gasteiger partial charge in [0.25, 0.3) is 0 Å². The van der Waals surface area contributed by atoms with Gasteiger partial charge in [0.2, 0.25) is 6.43 Å². The molecule has 6 heteroatoms. The van der Waals surface area contributed by atoms with Gasteiger partial charge >= 0.3 is 6.09 Å². The molecule has 1 unspecified atom stereocenters. The summed E-state index contributed by atoms with van der Waals surface area (Å²) in [6.45, 7) is 0.859. The van der Waals surface area contributed by atoms with E-state index in [9.17, 15) is 18.7 Å². The van der Waals surface area contributed by atoms with E-state index in [-0.39, 0.29) is 12.5 Å². The van der Waals surface area contributed by atoms with Crippen molar-refractivity contribution in [2.75, 3.05) is 13.2 Å². The molecule has 2 N–H and O–H groups in total. The fourth-order valence-electron chi connectivity index (χ4n) is 3.38. The second-order valence-electron chi connectivity index (χ2n) is 6.76. The SMILES string of the molecule is CC(CO)(CC(F)F)NC(=O)OCC1c2ccccc2-c2ccccc21. The normalized spacial score (nSPS) is 15.3. The molecule has 0 aromatic heterocycles. The van der Waals surface area contributed by atoms with Gasteiger partial charge in [0, 0.05) is 12.3 Å². The molecule has 0 saturated heterocycles. The van der Waals surface area contributed by atoms with Gasteiger partial charge in [0.1, 0.15) is 6.61 Å². The number of alkyl halides is 2. The predicted octanol–water partition coefficient (Wildman–Crippen LogP) is 3.93. The number of carbonyl (C=O) groups excluding carboxylic acids is 1. The lowest BCUT2D eigenvalue weighted by atomic mass is 9.98. The summed E-state index contributed by atoms with van der Waals surface area (Å²) in [5, 5.41) is 11.7. The second kappa shape index (κ2) is 7.41. The van der Waals surface area contributed by atoms with Crippen LogP contribution in [-0.4, -0.2) is 36.4 Å². The zero-order valence-corrected chi connectivity index (χ0v) is 14.4. The van der Waals surface area contributed by atoms with Crippen LogP contribution in [0.15, 0.2) is 48.5 Å². The number of hydrogen-bond acceptors (Lipinski definition) is 3. The Balaban J connectivity index is 1.71. The molecule has 1 aliphatic carbocycles. The standard InChI is InChI=1S/C20H21F2NO3/c1-20(12-24,10-18(21)22)23-19(25)26-11-17-15-8-4-2-6-13(15)14-7-3-5-9-16(14)17/h2-9,17-18,24H,10-12H2,1H3,(H,23,25). The summed E-state index contributed by atoms with van der Waals surface area (Å²) in [6, 6.07) is 15.8. The number of rotatable bonds is 6. The first kappa shape index (κ1) is 18.3. The van der Waals surface area contributed by atoms with Crippen LogP contribution in [0.25, 0.3) is 11.1 Å². The summed E-state index contributed by atoms with van der Waals surface area (Å²) in [5.74, 6) is -0.108. The van der Waals surface area contributed by atoms with E-state index >= 15 is 0 Å². The van der Waals surface area contributed by atoms with Crippen molar-refractivity contribution in [2.45, 2.75) is 31.2 Å². The lowest BCUT2D eigenvalue weighted by Gasteiger charge is -2.28. The highest BCUT2D eigenvalue weighted by atomic mass is 19.3. The van der Waals surface area contributed by atoms with E-state index in [2.05, 4.69) is 5.32 Å². The number of alkyl carbamates (subject to hydrolysis) is 1. The van der Waals surface area contributed by atoms with Crippen molar-refractivity contribution >= 4 is 6.09 Å². The number of benzene rings is 2. The van der Waals surface area contributed by atoms with Crippen molar-refractivity contribution in [1.29, 1.82) is 0 Å². The van der Waals surface area contributed by atoms with Crippen molar-refractivity contribution in [2.24, 2.45) is 0 Å². The Morgan fingerprint density at radius 1 is 1.15 bits per heavy atom. The first-order valence-corrected chi connectivity index (χ1v) is 8.46. The Bertz CT molecular complexity index is 751. The minimum absolute atomic E-state index is 0.0933. The Labute approximate surface area is 150 Å². The molecule has 0 saturated carbocycles. The van der Waals surface area contributed by atoms with E-state index in [0.717, 1.165) is 22.3 Å². The van der Waals surface area contributed by atoms with E-state index < -0.39 is 31.1 Å². The van der Waals surface area contributed by atoms with Crippen LogP contribution >= 0.6 is 0 Å². The minimum atomic E-state index is -2.64. The van der Waals surface area contributed by atoms with Gasteiger partial charge in [-0.15, -0.1) is 0 Å². The molecule has 138 valence electrons. The molecule has 0 bridgehead atoms. The van der Waals surface area contributed by atoms with Crippen molar-refractivity contribution < 1.29 is 23.4 Å². The number of nitrogens with one attached hydrogen (secondary N) is 1. The van der Waals surface area contributed by atoms with Gasteiger partial charge in [-0.1, -0.05) is 48.5 Å². The van der Waals surface area contributed by atoms with Crippen LogP contribution in [0.3, 0.4) is 0 Å². The van der Waals surface area contributed by atoms with Gasteiger partial charge in [-0.3, -0.25) is 0 Å². The molecule has 1 aliphatic rings. The van der Waals surface area contributed by atoms with Crippen molar-refractivity contribution in [3.63, 3.8) is 0 Å². The topological polar surface area (TPSA) is 58.6 Å². The summed E-state index contributed by atoms with van der Waals surface area (Å²) in [6.07, 6.45) is -4.10. The average molecular weight is 361 g/mol. The highest BCUT2D eigenvalue weighted by molar-refractivity contribution is 5.79. The van der Waals surface area contributed by atoms with Crippen LogP contribution < -0.4 is 5.32 Å². The molecular weight excluding hydrogens is 340 g/mol. The number of fused-ring (bicyclic) bond motifs is 3. The maximum atomic E-state index is 12.6. The molecule has 1 amide bonds. The molecule has 4 nitrogen and oxygen atoms in total. The van der Waals surface area contributed by atoms with Crippen LogP contribution in [0.2, 0.25) is 0 Å². The zero-order valence-electron chi connectivity index (χ0n) is 14.4.